The maximum absolute atomic E-state index is 13.1. The molecule has 0 bridgehead atoms. The number of halogens is 1. The normalized spacial score (nSPS) is 15.9. The quantitative estimate of drug-likeness (QED) is 0.802. The van der Waals surface area contributed by atoms with Crippen molar-refractivity contribution in [1.82, 2.24) is 4.90 Å². The van der Waals surface area contributed by atoms with Crippen molar-refractivity contribution in [2.24, 2.45) is 0 Å². The Labute approximate surface area is 108 Å². The highest BCUT2D eigenvalue weighted by Crippen LogP contribution is 2.24. The van der Waals surface area contributed by atoms with Crippen LogP contribution in [0.25, 0.3) is 0 Å². The van der Waals surface area contributed by atoms with E-state index in [4.69, 9.17) is 0 Å². The molecule has 18 heavy (non-hydrogen) atoms. The van der Waals surface area contributed by atoms with Crippen LogP contribution < -0.4 is 0 Å². The van der Waals surface area contributed by atoms with Crippen molar-refractivity contribution in [2.45, 2.75) is 45.1 Å². The average Bonchev–Trinajstić information content (AvgIpc) is 2.83. The van der Waals surface area contributed by atoms with Crippen molar-refractivity contribution >= 4 is 5.91 Å². The molecule has 0 aliphatic heterocycles. The molecule has 0 heterocycles. The number of nitrogens with zero attached hydrogens (tertiary/aromatic N) is 1. The third-order valence-electron chi connectivity index (χ3n) is 3.67. The smallest absolute Gasteiger partial charge is 0.227 e. The highest BCUT2D eigenvalue weighted by atomic mass is 19.1. The summed E-state index contributed by atoms with van der Waals surface area (Å²) in [6, 6.07) is 6.71. The van der Waals surface area contributed by atoms with E-state index in [1.54, 1.807) is 6.07 Å². The Kier molecular flexibility index (Phi) is 4.34. The minimum Gasteiger partial charge on any atom is -0.340 e. The molecule has 0 aromatic heterocycles. The largest absolute Gasteiger partial charge is 0.340 e. The van der Waals surface area contributed by atoms with E-state index < -0.39 is 0 Å². The lowest BCUT2D eigenvalue weighted by Gasteiger charge is -2.27. The number of likely N-dealkylation sites (N-methyl/N-ethyl adjacent to an activating group) is 1. The van der Waals surface area contributed by atoms with Gasteiger partial charge in [-0.15, -0.1) is 0 Å². The molecule has 0 unspecified atom stereocenters. The van der Waals surface area contributed by atoms with E-state index >= 15 is 0 Å². The van der Waals surface area contributed by atoms with Crippen molar-refractivity contribution in [3.05, 3.63) is 35.6 Å². The zero-order chi connectivity index (χ0) is 13.0. The van der Waals surface area contributed by atoms with Gasteiger partial charge in [0.2, 0.25) is 5.91 Å². The lowest BCUT2D eigenvalue weighted by Crippen LogP contribution is -2.39. The van der Waals surface area contributed by atoms with Crippen LogP contribution in [0.5, 0.6) is 0 Å². The molecular formula is C15H20FNO. The molecule has 0 N–H and O–H groups in total. The maximum Gasteiger partial charge on any atom is 0.227 e. The molecule has 1 aliphatic carbocycles. The van der Waals surface area contributed by atoms with Crippen LogP contribution in [-0.4, -0.2) is 23.4 Å². The number of rotatable bonds is 4. The van der Waals surface area contributed by atoms with Gasteiger partial charge in [0.25, 0.3) is 0 Å². The van der Waals surface area contributed by atoms with E-state index in [1.165, 1.54) is 25.0 Å². The number of carbonyl (C=O) groups is 1. The van der Waals surface area contributed by atoms with Gasteiger partial charge < -0.3 is 4.90 Å². The van der Waals surface area contributed by atoms with Crippen LogP contribution in [0.15, 0.2) is 24.3 Å². The van der Waals surface area contributed by atoms with E-state index in [0.29, 0.717) is 12.5 Å². The molecule has 98 valence electrons. The zero-order valence-corrected chi connectivity index (χ0v) is 10.9. The molecule has 1 aliphatic rings. The third-order valence-corrected chi connectivity index (χ3v) is 3.67. The first-order valence-electron chi connectivity index (χ1n) is 6.74. The fraction of sp³-hybridized carbons (Fsp3) is 0.533. The van der Waals surface area contributed by atoms with Gasteiger partial charge >= 0.3 is 0 Å². The van der Waals surface area contributed by atoms with Gasteiger partial charge in [-0.05, 0) is 37.5 Å². The molecule has 1 aromatic carbocycles. The Hall–Kier alpha value is -1.38. The lowest BCUT2D eigenvalue weighted by atomic mass is 10.1. The minimum atomic E-state index is -0.274. The second kappa shape index (κ2) is 5.98. The summed E-state index contributed by atoms with van der Waals surface area (Å²) in [6.45, 7) is 2.76. The first kappa shape index (κ1) is 13.1. The zero-order valence-electron chi connectivity index (χ0n) is 10.9. The maximum atomic E-state index is 13.1. The summed E-state index contributed by atoms with van der Waals surface area (Å²) in [5, 5.41) is 0. The van der Waals surface area contributed by atoms with Gasteiger partial charge in [0, 0.05) is 12.6 Å². The second-order valence-corrected chi connectivity index (χ2v) is 4.92. The van der Waals surface area contributed by atoms with Crippen LogP contribution >= 0.6 is 0 Å². The minimum absolute atomic E-state index is 0.120. The number of hydrogen-bond donors (Lipinski definition) is 0. The second-order valence-electron chi connectivity index (χ2n) is 4.92. The Morgan fingerprint density at radius 3 is 2.72 bits per heavy atom. The molecule has 2 rings (SSSR count). The molecule has 1 amide bonds. The molecule has 0 atom stereocenters. The Morgan fingerprint density at radius 2 is 2.11 bits per heavy atom. The van der Waals surface area contributed by atoms with Gasteiger partial charge in [-0.1, -0.05) is 25.0 Å². The van der Waals surface area contributed by atoms with Gasteiger partial charge in [-0.3, -0.25) is 4.79 Å². The molecule has 1 saturated carbocycles. The number of benzene rings is 1. The number of amides is 1. The molecular weight excluding hydrogens is 229 g/mol. The highest BCUT2D eigenvalue weighted by Gasteiger charge is 2.25. The number of carbonyl (C=O) groups excluding carboxylic acids is 1. The van der Waals surface area contributed by atoms with Crippen molar-refractivity contribution in [3.8, 4) is 0 Å². The summed E-state index contributed by atoms with van der Waals surface area (Å²) in [5.74, 6) is -0.154. The lowest BCUT2D eigenvalue weighted by molar-refractivity contribution is -0.132. The standard InChI is InChI=1S/C15H20FNO/c1-2-17(14-8-3-4-9-14)15(18)11-12-6-5-7-13(16)10-12/h5-7,10,14H,2-4,8-9,11H2,1H3. The summed E-state index contributed by atoms with van der Waals surface area (Å²) in [4.78, 5) is 14.2. The predicted octanol–water partition coefficient (Wildman–Crippen LogP) is 3.16. The third kappa shape index (κ3) is 3.09. The van der Waals surface area contributed by atoms with Crippen LogP contribution in [0.2, 0.25) is 0 Å². The van der Waals surface area contributed by atoms with Crippen LogP contribution in [0.1, 0.15) is 38.2 Å². The molecule has 2 nitrogen and oxygen atoms in total. The Balaban J connectivity index is 2.01. The molecule has 1 aromatic rings. The topological polar surface area (TPSA) is 20.3 Å². The van der Waals surface area contributed by atoms with E-state index in [9.17, 15) is 9.18 Å². The Bertz CT molecular complexity index is 413. The van der Waals surface area contributed by atoms with E-state index in [2.05, 4.69) is 0 Å². The Morgan fingerprint density at radius 1 is 1.39 bits per heavy atom. The molecule has 0 radical (unpaired) electrons. The number of hydrogen-bond acceptors (Lipinski definition) is 1. The highest BCUT2D eigenvalue weighted by molar-refractivity contribution is 5.79. The van der Waals surface area contributed by atoms with Gasteiger partial charge in [0.1, 0.15) is 5.82 Å². The summed E-state index contributed by atoms with van der Waals surface area (Å²) >= 11 is 0. The first-order valence-corrected chi connectivity index (χ1v) is 6.74. The summed E-state index contributed by atoms with van der Waals surface area (Å²) in [6.07, 6.45) is 4.97. The van der Waals surface area contributed by atoms with Crippen LogP contribution in [-0.2, 0) is 11.2 Å². The average molecular weight is 249 g/mol. The molecule has 0 saturated heterocycles. The van der Waals surface area contributed by atoms with E-state index in [0.717, 1.165) is 24.9 Å². The summed E-state index contributed by atoms with van der Waals surface area (Å²) in [5.41, 5.74) is 0.761. The van der Waals surface area contributed by atoms with Gasteiger partial charge in [0.15, 0.2) is 0 Å². The first-order chi connectivity index (χ1) is 8.70. The molecule has 0 spiro atoms. The van der Waals surface area contributed by atoms with Gasteiger partial charge in [-0.25, -0.2) is 4.39 Å². The molecule has 1 fully saturated rings. The summed E-state index contributed by atoms with van der Waals surface area (Å²) in [7, 11) is 0. The van der Waals surface area contributed by atoms with Crippen molar-refractivity contribution < 1.29 is 9.18 Å². The van der Waals surface area contributed by atoms with Crippen molar-refractivity contribution in [1.29, 1.82) is 0 Å². The predicted molar refractivity (Wildman–Crippen MR) is 69.7 cm³/mol. The van der Waals surface area contributed by atoms with Gasteiger partial charge in [-0.2, -0.15) is 0 Å². The summed E-state index contributed by atoms with van der Waals surface area (Å²) < 4.78 is 13.1. The van der Waals surface area contributed by atoms with Crippen LogP contribution in [0.3, 0.4) is 0 Å². The SMILES string of the molecule is CCN(C(=O)Cc1cccc(F)c1)C1CCCC1. The van der Waals surface area contributed by atoms with Crippen LogP contribution in [0, 0.1) is 5.82 Å². The van der Waals surface area contributed by atoms with Crippen LogP contribution in [0.4, 0.5) is 4.39 Å². The van der Waals surface area contributed by atoms with Crippen molar-refractivity contribution in [2.75, 3.05) is 6.54 Å². The fourth-order valence-corrected chi connectivity index (χ4v) is 2.78. The monoisotopic (exact) mass is 249 g/mol. The fourth-order valence-electron chi connectivity index (χ4n) is 2.78. The van der Waals surface area contributed by atoms with Gasteiger partial charge in [0.05, 0.1) is 6.42 Å². The van der Waals surface area contributed by atoms with E-state index in [-0.39, 0.29) is 11.7 Å². The van der Waals surface area contributed by atoms with E-state index in [1.807, 2.05) is 17.9 Å². The molecule has 3 heteroatoms. The van der Waals surface area contributed by atoms with Crippen molar-refractivity contribution in [3.63, 3.8) is 0 Å².